The maximum absolute atomic E-state index is 13.7. The van der Waals surface area contributed by atoms with E-state index < -0.39 is 17.8 Å². The van der Waals surface area contributed by atoms with Crippen LogP contribution < -0.4 is 10.1 Å². The summed E-state index contributed by atoms with van der Waals surface area (Å²) in [6, 6.07) is 9.02. The van der Waals surface area contributed by atoms with E-state index in [-0.39, 0.29) is 5.75 Å². The van der Waals surface area contributed by atoms with Gasteiger partial charge in [0.25, 0.3) is 5.91 Å². The summed E-state index contributed by atoms with van der Waals surface area (Å²) in [6.07, 6.45) is -0.901. The fourth-order valence-electron chi connectivity index (χ4n) is 1.64. The van der Waals surface area contributed by atoms with Crippen LogP contribution in [0.1, 0.15) is 6.92 Å². The van der Waals surface area contributed by atoms with Gasteiger partial charge in [-0.3, -0.25) is 4.79 Å². The molecule has 2 aromatic carbocycles. The molecule has 0 saturated carbocycles. The number of anilines is 1. The number of ether oxygens (including phenoxy) is 1. The van der Waals surface area contributed by atoms with Crippen LogP contribution in [0.5, 0.6) is 5.75 Å². The number of halogens is 4. The number of hydrogen-bond acceptors (Lipinski definition) is 2. The van der Waals surface area contributed by atoms with E-state index in [4.69, 9.17) is 27.9 Å². The van der Waals surface area contributed by atoms with Crippen LogP contribution in [0.3, 0.4) is 0 Å². The molecule has 0 aliphatic rings. The zero-order valence-electron chi connectivity index (χ0n) is 11.4. The molecule has 0 aliphatic heterocycles. The quantitative estimate of drug-likeness (QED) is 0.747. The number of carbonyl (C=O) groups is 1. The number of hydrogen-bond donors (Lipinski definition) is 1. The first kappa shape index (κ1) is 17.1. The molecule has 0 bridgehead atoms. The van der Waals surface area contributed by atoms with E-state index in [1.165, 1.54) is 25.1 Å². The van der Waals surface area contributed by atoms with Crippen LogP contribution in [-0.4, -0.2) is 12.0 Å². The molecule has 0 radical (unpaired) electrons. The van der Waals surface area contributed by atoms with E-state index in [1.54, 1.807) is 18.2 Å². The van der Waals surface area contributed by atoms with E-state index in [0.717, 1.165) is 0 Å². The van der Waals surface area contributed by atoms with Crippen LogP contribution in [0, 0.1) is 5.82 Å². The van der Waals surface area contributed by atoms with Gasteiger partial charge in [-0.2, -0.15) is 0 Å². The van der Waals surface area contributed by atoms with E-state index in [2.05, 4.69) is 21.2 Å². The van der Waals surface area contributed by atoms with E-state index in [1.807, 2.05) is 0 Å². The summed E-state index contributed by atoms with van der Waals surface area (Å²) >= 11 is 14.9. The highest BCUT2D eigenvalue weighted by Gasteiger charge is 2.18. The summed E-state index contributed by atoms with van der Waals surface area (Å²) in [5, 5.41) is 3.37. The Labute approximate surface area is 145 Å². The summed E-state index contributed by atoms with van der Waals surface area (Å²) in [7, 11) is 0. The number of carbonyl (C=O) groups excluding carboxylic acids is 1. The molecule has 2 rings (SSSR count). The van der Waals surface area contributed by atoms with Crippen molar-refractivity contribution in [2.24, 2.45) is 0 Å². The lowest BCUT2D eigenvalue weighted by Crippen LogP contribution is -2.30. The van der Waals surface area contributed by atoms with Gasteiger partial charge >= 0.3 is 0 Å². The van der Waals surface area contributed by atoms with Crippen LogP contribution in [0.25, 0.3) is 0 Å². The molecule has 0 saturated heterocycles. The molecule has 0 aromatic heterocycles. The molecular weight excluding hydrogens is 396 g/mol. The Balaban J connectivity index is 2.05. The second-order valence-corrected chi connectivity index (χ2v) is 6.21. The molecular formula is C15H11BrCl2FNO2. The monoisotopic (exact) mass is 405 g/mol. The molecule has 22 heavy (non-hydrogen) atoms. The number of benzene rings is 2. The molecule has 1 unspecified atom stereocenters. The van der Waals surface area contributed by atoms with Crippen LogP contribution in [-0.2, 0) is 4.79 Å². The molecule has 3 nitrogen and oxygen atoms in total. The maximum atomic E-state index is 13.7. The van der Waals surface area contributed by atoms with Gasteiger partial charge in [-0.15, -0.1) is 0 Å². The molecule has 116 valence electrons. The van der Waals surface area contributed by atoms with Crippen molar-refractivity contribution in [2.45, 2.75) is 13.0 Å². The minimum Gasteiger partial charge on any atom is -0.478 e. The molecule has 1 amide bonds. The molecule has 0 heterocycles. The second kappa shape index (κ2) is 7.31. The zero-order chi connectivity index (χ0) is 16.3. The van der Waals surface area contributed by atoms with Crippen LogP contribution in [0.4, 0.5) is 10.1 Å². The lowest BCUT2D eigenvalue weighted by molar-refractivity contribution is -0.122. The van der Waals surface area contributed by atoms with Gasteiger partial charge in [-0.25, -0.2) is 4.39 Å². The maximum Gasteiger partial charge on any atom is 0.265 e. The van der Waals surface area contributed by atoms with Gasteiger partial charge in [-0.1, -0.05) is 39.1 Å². The van der Waals surface area contributed by atoms with Crippen LogP contribution in [0.15, 0.2) is 40.9 Å². The second-order valence-electron chi connectivity index (χ2n) is 4.45. The van der Waals surface area contributed by atoms with Gasteiger partial charge in [0, 0.05) is 9.50 Å². The Bertz CT molecular complexity index is 712. The predicted octanol–water partition coefficient (Wildman–Crippen LogP) is 5.30. The van der Waals surface area contributed by atoms with Crippen LogP contribution in [0.2, 0.25) is 10.0 Å². The molecule has 7 heteroatoms. The normalized spacial score (nSPS) is 11.9. The SMILES string of the molecule is CC(Oc1ccc(Br)cc1F)C(=O)Nc1ccc(Cl)cc1Cl. The van der Waals surface area contributed by atoms with Crippen molar-refractivity contribution in [3.8, 4) is 5.75 Å². The molecule has 0 spiro atoms. The van der Waals surface area contributed by atoms with Crippen molar-refractivity contribution < 1.29 is 13.9 Å². The summed E-state index contributed by atoms with van der Waals surface area (Å²) in [4.78, 5) is 12.1. The molecule has 2 aromatic rings. The third-order valence-corrected chi connectivity index (χ3v) is 3.80. The van der Waals surface area contributed by atoms with Gasteiger partial charge in [0.05, 0.1) is 10.7 Å². The number of amides is 1. The largest absolute Gasteiger partial charge is 0.478 e. The highest BCUT2D eigenvalue weighted by Crippen LogP contribution is 2.26. The van der Waals surface area contributed by atoms with Crippen molar-refractivity contribution in [3.63, 3.8) is 0 Å². The zero-order valence-corrected chi connectivity index (χ0v) is 14.5. The van der Waals surface area contributed by atoms with Gasteiger partial charge < -0.3 is 10.1 Å². The van der Waals surface area contributed by atoms with E-state index in [0.29, 0.717) is 20.2 Å². The van der Waals surface area contributed by atoms with E-state index >= 15 is 0 Å². The predicted molar refractivity (Wildman–Crippen MR) is 89.3 cm³/mol. The Kier molecular flexibility index (Phi) is 5.67. The summed E-state index contributed by atoms with van der Waals surface area (Å²) in [5.41, 5.74) is 0.405. The van der Waals surface area contributed by atoms with Crippen molar-refractivity contribution in [1.82, 2.24) is 0 Å². The standard InChI is InChI=1S/C15H11BrCl2FNO2/c1-8(22-14-5-2-9(16)6-12(14)19)15(21)20-13-4-3-10(17)7-11(13)18/h2-8H,1H3,(H,20,21). The minimum atomic E-state index is -0.901. The first-order valence-electron chi connectivity index (χ1n) is 6.24. The Morgan fingerprint density at radius 1 is 1.27 bits per heavy atom. The summed E-state index contributed by atoms with van der Waals surface area (Å²) < 4.78 is 19.6. The average molecular weight is 407 g/mol. The highest BCUT2D eigenvalue weighted by atomic mass is 79.9. The van der Waals surface area contributed by atoms with Gasteiger partial charge in [0.15, 0.2) is 17.7 Å². The highest BCUT2D eigenvalue weighted by molar-refractivity contribution is 9.10. The smallest absolute Gasteiger partial charge is 0.265 e. The van der Waals surface area contributed by atoms with Crippen molar-refractivity contribution in [1.29, 1.82) is 0 Å². The molecule has 1 N–H and O–H groups in total. The average Bonchev–Trinajstić information content (AvgIpc) is 2.44. The van der Waals surface area contributed by atoms with Crippen molar-refractivity contribution >= 4 is 50.7 Å². The number of nitrogens with one attached hydrogen (secondary N) is 1. The summed E-state index contributed by atoms with van der Waals surface area (Å²) in [6.45, 7) is 1.51. The van der Waals surface area contributed by atoms with Crippen molar-refractivity contribution in [3.05, 3.63) is 56.7 Å². The van der Waals surface area contributed by atoms with Crippen molar-refractivity contribution in [2.75, 3.05) is 5.32 Å². The minimum absolute atomic E-state index is 0.00643. The Morgan fingerprint density at radius 2 is 2.00 bits per heavy atom. The summed E-state index contributed by atoms with van der Waals surface area (Å²) in [5.74, 6) is -1.02. The van der Waals surface area contributed by atoms with Gasteiger partial charge in [-0.05, 0) is 43.3 Å². The number of rotatable bonds is 4. The van der Waals surface area contributed by atoms with Gasteiger partial charge in [0.1, 0.15) is 0 Å². The Morgan fingerprint density at radius 3 is 2.64 bits per heavy atom. The molecule has 1 atom stereocenters. The first-order valence-corrected chi connectivity index (χ1v) is 7.79. The third-order valence-electron chi connectivity index (χ3n) is 2.76. The van der Waals surface area contributed by atoms with Crippen LogP contribution >= 0.6 is 39.1 Å². The topological polar surface area (TPSA) is 38.3 Å². The Hall–Kier alpha value is -1.30. The van der Waals surface area contributed by atoms with Gasteiger partial charge in [0.2, 0.25) is 0 Å². The fourth-order valence-corrected chi connectivity index (χ4v) is 2.43. The van der Waals surface area contributed by atoms with E-state index in [9.17, 15) is 9.18 Å². The molecule has 0 aliphatic carbocycles. The lowest BCUT2D eigenvalue weighted by atomic mass is 10.3. The molecule has 0 fully saturated rings. The first-order chi connectivity index (χ1) is 10.4. The fraction of sp³-hybridized carbons (Fsp3) is 0.133. The lowest BCUT2D eigenvalue weighted by Gasteiger charge is -2.16. The third kappa shape index (κ3) is 4.35.